The van der Waals surface area contributed by atoms with Crippen LogP contribution in [0.1, 0.15) is 122 Å². The summed E-state index contributed by atoms with van der Waals surface area (Å²) in [6, 6.07) is 34.5. The number of hydrogen-bond acceptors (Lipinski definition) is 8. The molecule has 328 valence electrons. The Bertz CT molecular complexity index is 2060. The number of benzene rings is 4. The van der Waals surface area contributed by atoms with Crippen LogP contribution in [0.5, 0.6) is 0 Å². The van der Waals surface area contributed by atoms with Crippen molar-refractivity contribution in [2.24, 2.45) is 10.4 Å². The predicted molar refractivity (Wildman–Crippen MR) is 247 cm³/mol. The van der Waals surface area contributed by atoms with Gasteiger partial charge in [-0.05, 0) is 106 Å². The Hall–Kier alpha value is -5.03. The molecular weight excluding hydrogens is 788 g/mol. The second kappa shape index (κ2) is 21.2. The van der Waals surface area contributed by atoms with Crippen LogP contribution in [0.25, 0.3) is 0 Å². The second-order valence-corrected chi connectivity index (χ2v) is 18.6. The van der Waals surface area contributed by atoms with Crippen LogP contribution >= 0.6 is 12.4 Å². The summed E-state index contributed by atoms with van der Waals surface area (Å²) in [5.41, 5.74) is 10.7. The molecule has 0 aromatic heterocycles. The number of ether oxygens (including phenoxy) is 2. The third kappa shape index (κ3) is 14.8. The molecule has 4 aromatic carbocycles. The van der Waals surface area contributed by atoms with Gasteiger partial charge in [0.05, 0.1) is 12.1 Å². The number of ketones is 1. The summed E-state index contributed by atoms with van der Waals surface area (Å²) in [7, 11) is 0. The van der Waals surface area contributed by atoms with Gasteiger partial charge >= 0.3 is 6.09 Å². The third-order valence-electron chi connectivity index (χ3n) is 10.4. The largest absolute Gasteiger partial charge is 0.444 e. The van der Waals surface area contributed by atoms with Gasteiger partial charge in [-0.3, -0.25) is 19.5 Å². The lowest BCUT2D eigenvalue weighted by Crippen LogP contribution is -2.50. The molecule has 0 radical (unpaired) electrons. The van der Waals surface area contributed by atoms with Gasteiger partial charge in [0.2, 0.25) is 5.91 Å². The van der Waals surface area contributed by atoms with Crippen molar-refractivity contribution in [2.45, 2.75) is 136 Å². The Balaban J connectivity index is 0.000000312. The van der Waals surface area contributed by atoms with E-state index in [0.29, 0.717) is 18.5 Å². The predicted octanol–water partition coefficient (Wildman–Crippen LogP) is 10.6. The summed E-state index contributed by atoms with van der Waals surface area (Å²) in [6.07, 6.45) is 2.82. The van der Waals surface area contributed by atoms with Crippen molar-refractivity contribution in [1.29, 1.82) is 0 Å². The number of amides is 2. The average Bonchev–Trinajstić information content (AvgIpc) is 3.76. The van der Waals surface area contributed by atoms with Gasteiger partial charge in [-0.25, -0.2) is 4.79 Å². The number of anilines is 2. The van der Waals surface area contributed by atoms with Gasteiger partial charge in [-0.2, -0.15) is 0 Å². The Morgan fingerprint density at radius 2 is 1.48 bits per heavy atom. The first-order chi connectivity index (χ1) is 28.3. The van der Waals surface area contributed by atoms with Crippen LogP contribution < -0.4 is 11.1 Å². The van der Waals surface area contributed by atoms with Crippen molar-refractivity contribution in [3.05, 3.63) is 131 Å². The summed E-state index contributed by atoms with van der Waals surface area (Å²) in [5, 5.41) is 13.3. The maximum Gasteiger partial charge on any atom is 0.412 e. The van der Waals surface area contributed by atoms with Gasteiger partial charge in [0.15, 0.2) is 0 Å². The molecule has 1 saturated heterocycles. The van der Waals surface area contributed by atoms with Crippen LogP contribution in [0.2, 0.25) is 0 Å². The van der Waals surface area contributed by atoms with Crippen molar-refractivity contribution in [3.8, 4) is 0 Å². The molecule has 0 saturated carbocycles. The first-order valence-electron chi connectivity index (χ1n) is 21.0. The summed E-state index contributed by atoms with van der Waals surface area (Å²) < 4.78 is 12.1. The third-order valence-corrected chi connectivity index (χ3v) is 10.4. The molecule has 11 heteroatoms. The van der Waals surface area contributed by atoms with Gasteiger partial charge in [0.25, 0.3) is 0 Å². The minimum Gasteiger partial charge on any atom is -0.444 e. The molecule has 4 aromatic rings. The summed E-state index contributed by atoms with van der Waals surface area (Å²) in [4.78, 5) is 44.9. The van der Waals surface area contributed by atoms with E-state index in [4.69, 9.17) is 20.2 Å². The Morgan fingerprint density at radius 1 is 0.885 bits per heavy atom. The highest BCUT2D eigenvalue weighted by atomic mass is 35.5. The van der Waals surface area contributed by atoms with Crippen molar-refractivity contribution in [3.63, 3.8) is 0 Å². The zero-order chi connectivity index (χ0) is 43.7. The highest BCUT2D eigenvalue weighted by Gasteiger charge is 2.51. The first kappa shape index (κ1) is 48.6. The van der Waals surface area contributed by atoms with Crippen molar-refractivity contribution >= 4 is 47.3 Å². The molecule has 1 fully saturated rings. The summed E-state index contributed by atoms with van der Waals surface area (Å²) in [5.74, 6) is 0.0377. The molecule has 6 rings (SSSR count). The fourth-order valence-corrected chi connectivity index (χ4v) is 7.66. The standard InChI is InChI=1S/C32H44N2O5.C18H20N2O.ClH/c1-30(2,3)21-27(36)33-24-16-14-22(15-17-24)20-25(35)18-19-26-28(23-12-10-9-11-13-23)38-32(7,8)34(26)29(37)39-31(4,5)6;19-15-8-6-13(7-9-15)12-16-10-11-17(20-16)18(21)14-4-2-1-3-5-14;/h9-17,26,28H,18-21H2,1-8H3,(H,33,36);1-9,17-18,21H,10-12,19H2;1H/t26-,28-;17-,18-;/m11./s1. The quantitative estimate of drug-likeness (QED) is 0.120. The number of carbonyl (C=O) groups excluding carboxylic acids is 3. The molecule has 0 spiro atoms. The van der Waals surface area contributed by atoms with Gasteiger partial charge in [-0.1, -0.05) is 106 Å². The number of carbonyl (C=O) groups is 3. The van der Waals surface area contributed by atoms with Gasteiger partial charge < -0.3 is 25.6 Å². The minimum absolute atomic E-state index is 0. The number of rotatable bonds is 12. The van der Waals surface area contributed by atoms with E-state index < -0.39 is 23.5 Å². The van der Waals surface area contributed by atoms with E-state index >= 15 is 0 Å². The topological polar surface area (TPSA) is 144 Å². The number of aliphatic imine (C=N–C) groups is 1. The lowest BCUT2D eigenvalue weighted by Gasteiger charge is -2.35. The lowest BCUT2D eigenvalue weighted by molar-refractivity contribution is -0.119. The van der Waals surface area contributed by atoms with Crippen LogP contribution in [0.15, 0.2) is 114 Å². The zero-order valence-corrected chi connectivity index (χ0v) is 37.8. The van der Waals surface area contributed by atoms with E-state index in [1.54, 1.807) is 4.90 Å². The maximum absolute atomic E-state index is 13.3. The summed E-state index contributed by atoms with van der Waals surface area (Å²) in [6.45, 7) is 15.3. The van der Waals surface area contributed by atoms with E-state index in [1.165, 1.54) is 11.3 Å². The second-order valence-electron chi connectivity index (χ2n) is 18.6. The molecule has 2 heterocycles. The Morgan fingerprint density at radius 3 is 2.07 bits per heavy atom. The van der Waals surface area contributed by atoms with Crippen LogP contribution in [0.3, 0.4) is 0 Å². The number of hydrogen-bond donors (Lipinski definition) is 3. The lowest BCUT2D eigenvalue weighted by atomic mass is 9.92. The first-order valence-corrected chi connectivity index (χ1v) is 21.0. The van der Waals surface area contributed by atoms with Crippen LogP contribution in [-0.4, -0.2) is 56.9 Å². The van der Waals surface area contributed by atoms with Crippen LogP contribution in [0.4, 0.5) is 16.2 Å². The highest BCUT2D eigenvalue weighted by Crippen LogP contribution is 2.43. The molecule has 0 bridgehead atoms. The van der Waals surface area contributed by atoms with E-state index in [-0.39, 0.29) is 60.5 Å². The number of nitrogens with zero attached hydrogens (tertiary/aromatic N) is 2. The molecule has 0 unspecified atom stereocenters. The van der Waals surface area contributed by atoms with E-state index in [9.17, 15) is 19.5 Å². The molecule has 4 atom stereocenters. The van der Waals surface area contributed by atoms with Gasteiger partial charge in [0, 0.05) is 42.8 Å². The molecule has 2 amide bonds. The smallest absolute Gasteiger partial charge is 0.412 e. The molecule has 61 heavy (non-hydrogen) atoms. The van der Waals surface area contributed by atoms with Gasteiger partial charge in [-0.15, -0.1) is 12.4 Å². The minimum atomic E-state index is -0.899. The highest BCUT2D eigenvalue weighted by molar-refractivity contribution is 5.91. The fourth-order valence-electron chi connectivity index (χ4n) is 7.66. The Labute approximate surface area is 368 Å². The van der Waals surface area contributed by atoms with Crippen LogP contribution in [-0.2, 0) is 31.9 Å². The molecule has 4 N–H and O–H groups in total. The number of nitrogens with two attached hydrogens (primary N) is 1. The number of Topliss-reactive ketones (excluding diaryl/α,β-unsaturated/α-hetero) is 1. The number of aliphatic hydroxyl groups is 1. The van der Waals surface area contributed by atoms with Crippen molar-refractivity contribution in [1.82, 2.24) is 4.90 Å². The molecule has 2 aliphatic rings. The molecule has 2 aliphatic heterocycles. The van der Waals surface area contributed by atoms with Gasteiger partial charge in [0.1, 0.15) is 29.3 Å². The molecular formula is C50H65ClN4O6. The van der Waals surface area contributed by atoms with E-state index in [0.717, 1.165) is 41.6 Å². The maximum atomic E-state index is 13.3. The van der Waals surface area contributed by atoms with E-state index in [1.807, 2.05) is 165 Å². The average molecular weight is 854 g/mol. The number of aliphatic hydroxyl groups excluding tert-OH is 1. The fraction of sp³-hybridized carbons (Fsp3) is 0.440. The van der Waals surface area contributed by atoms with E-state index in [2.05, 4.69) is 5.32 Å². The SMILES string of the molecule is CC(C)(C)CC(=O)Nc1ccc(CC(=O)CC[C@@H]2[C@@H](c3ccccc3)OC(C)(C)N2C(=O)OC(C)(C)C)cc1.Cl.Nc1ccc(CC2=N[C@@H]([C@H](O)c3ccccc3)CC2)cc1. The number of nitrogen functional groups attached to an aromatic ring is 1. The molecule has 10 nitrogen and oxygen atoms in total. The monoisotopic (exact) mass is 852 g/mol. The summed E-state index contributed by atoms with van der Waals surface area (Å²) >= 11 is 0. The number of nitrogens with one attached hydrogen (secondary N) is 1. The van der Waals surface area contributed by atoms with Crippen molar-refractivity contribution in [2.75, 3.05) is 11.1 Å². The van der Waals surface area contributed by atoms with Crippen molar-refractivity contribution < 1.29 is 29.0 Å². The normalized spacial score (nSPS) is 18.8. The Kier molecular flexibility index (Phi) is 16.9. The number of halogens is 1. The van der Waals surface area contributed by atoms with Crippen LogP contribution in [0, 0.1) is 5.41 Å². The molecule has 0 aliphatic carbocycles. The zero-order valence-electron chi connectivity index (χ0n) is 37.0.